The molecule has 4 aromatic carbocycles. The molecule has 4 heteroatoms. The van der Waals surface area contributed by atoms with Gasteiger partial charge in [0.1, 0.15) is 0 Å². The third kappa shape index (κ3) is 4.85. The summed E-state index contributed by atoms with van der Waals surface area (Å²) < 4.78 is 0. The van der Waals surface area contributed by atoms with E-state index < -0.39 is 0 Å². The Kier molecular flexibility index (Phi) is 6.76. The average Bonchev–Trinajstić information content (AvgIpc) is 3.13. The van der Waals surface area contributed by atoms with Crippen molar-refractivity contribution in [2.75, 3.05) is 4.90 Å². The van der Waals surface area contributed by atoms with Gasteiger partial charge in [-0.2, -0.15) is 0 Å². The van der Waals surface area contributed by atoms with Crippen molar-refractivity contribution in [2.24, 2.45) is 0 Å². The number of anilines is 3. The van der Waals surface area contributed by atoms with E-state index in [0.29, 0.717) is 0 Å². The summed E-state index contributed by atoms with van der Waals surface area (Å²) in [5.74, 6) is 0. The first-order chi connectivity index (χ1) is 22.6. The van der Waals surface area contributed by atoms with Crippen LogP contribution in [0.25, 0.3) is 45.0 Å². The van der Waals surface area contributed by atoms with Crippen LogP contribution < -0.4 is 4.90 Å². The molecule has 4 nitrogen and oxygen atoms in total. The predicted molar refractivity (Wildman–Crippen MR) is 188 cm³/mol. The van der Waals surface area contributed by atoms with E-state index in [1.165, 1.54) is 28.1 Å². The topological polar surface area (TPSA) is 41.9 Å². The van der Waals surface area contributed by atoms with E-state index in [0.717, 1.165) is 45.2 Å². The normalized spacial score (nSPS) is 13.1. The van der Waals surface area contributed by atoms with Crippen LogP contribution in [0, 0.1) is 0 Å². The first-order valence-electron chi connectivity index (χ1n) is 15.6. The van der Waals surface area contributed by atoms with Crippen LogP contribution in [0.3, 0.4) is 0 Å². The number of nitrogens with zero attached hydrogens (tertiary/aromatic N) is 4. The van der Waals surface area contributed by atoms with Crippen molar-refractivity contribution in [3.8, 4) is 45.0 Å². The minimum atomic E-state index is -0.175. The summed E-state index contributed by atoms with van der Waals surface area (Å²) in [5.41, 5.74) is 13.9. The van der Waals surface area contributed by atoms with Gasteiger partial charge >= 0.3 is 0 Å². The van der Waals surface area contributed by atoms with Gasteiger partial charge in [-0.15, -0.1) is 0 Å². The highest BCUT2D eigenvalue weighted by Crippen LogP contribution is 2.52. The lowest BCUT2D eigenvalue weighted by molar-refractivity contribution is 0.632. The number of rotatable bonds is 5. The van der Waals surface area contributed by atoms with Crippen LogP contribution >= 0.6 is 0 Å². The molecule has 0 atom stereocenters. The third-order valence-corrected chi connectivity index (χ3v) is 8.95. The molecule has 0 spiro atoms. The largest absolute Gasteiger partial charge is 0.310 e. The van der Waals surface area contributed by atoms with Crippen LogP contribution in [0.15, 0.2) is 158 Å². The zero-order valence-corrected chi connectivity index (χ0v) is 25.8. The lowest BCUT2D eigenvalue weighted by Crippen LogP contribution is -2.30. The van der Waals surface area contributed by atoms with Gasteiger partial charge in [-0.25, -0.2) is 4.98 Å². The first-order valence-corrected chi connectivity index (χ1v) is 15.6. The molecule has 8 rings (SSSR count). The number of aromatic nitrogens is 3. The Morgan fingerprint density at radius 2 is 1.02 bits per heavy atom. The molecule has 7 aromatic rings. The van der Waals surface area contributed by atoms with Gasteiger partial charge in [-0.05, 0) is 106 Å². The van der Waals surface area contributed by atoms with E-state index in [1.54, 1.807) is 12.4 Å². The number of fused-ring (bicyclic) bond motifs is 2. The molecule has 46 heavy (non-hydrogen) atoms. The lowest BCUT2D eigenvalue weighted by Gasteiger charge is -2.42. The van der Waals surface area contributed by atoms with Crippen molar-refractivity contribution < 1.29 is 0 Å². The summed E-state index contributed by atoms with van der Waals surface area (Å²) in [5, 5.41) is 0. The Hall–Kier alpha value is -5.87. The molecule has 0 fully saturated rings. The molecule has 0 amide bonds. The van der Waals surface area contributed by atoms with Gasteiger partial charge < -0.3 is 4.90 Å². The molecule has 3 aromatic heterocycles. The summed E-state index contributed by atoms with van der Waals surface area (Å²) in [6.45, 7) is 4.67. The number of pyridine rings is 3. The third-order valence-electron chi connectivity index (χ3n) is 8.95. The summed E-state index contributed by atoms with van der Waals surface area (Å²) in [7, 11) is 0. The van der Waals surface area contributed by atoms with Gasteiger partial charge in [0.05, 0.1) is 34.2 Å². The summed E-state index contributed by atoms with van der Waals surface area (Å²) in [6, 6.07) is 51.2. The second kappa shape index (κ2) is 11.2. The second-order valence-electron chi connectivity index (χ2n) is 12.2. The maximum atomic E-state index is 4.96. The monoisotopic (exact) mass is 592 g/mol. The van der Waals surface area contributed by atoms with Crippen molar-refractivity contribution in [1.82, 2.24) is 15.0 Å². The number of hydrogen-bond acceptors (Lipinski definition) is 4. The molecule has 0 radical (unpaired) electrons. The van der Waals surface area contributed by atoms with Gasteiger partial charge in [0.2, 0.25) is 0 Å². The van der Waals surface area contributed by atoms with E-state index in [9.17, 15) is 0 Å². The Labute approximate surface area is 269 Å². The Balaban J connectivity index is 1.25. The summed E-state index contributed by atoms with van der Waals surface area (Å²) >= 11 is 0. The summed E-state index contributed by atoms with van der Waals surface area (Å²) in [4.78, 5) is 16.5. The predicted octanol–water partition coefficient (Wildman–Crippen LogP) is 10.6. The van der Waals surface area contributed by atoms with Crippen LogP contribution in [0.5, 0.6) is 0 Å². The second-order valence-corrected chi connectivity index (χ2v) is 12.2. The highest BCUT2D eigenvalue weighted by Gasteiger charge is 2.36. The zero-order chi connectivity index (χ0) is 31.1. The molecule has 0 aliphatic carbocycles. The summed E-state index contributed by atoms with van der Waals surface area (Å²) in [6.07, 6.45) is 3.61. The maximum Gasteiger partial charge on any atom is 0.0900 e. The van der Waals surface area contributed by atoms with Crippen LogP contribution in [-0.4, -0.2) is 15.0 Å². The van der Waals surface area contributed by atoms with Crippen LogP contribution in [0.2, 0.25) is 0 Å². The number of para-hydroxylation sites is 2. The molecular weight excluding hydrogens is 560 g/mol. The molecular formula is C42H32N4. The molecule has 0 saturated heterocycles. The Morgan fingerprint density at radius 1 is 0.435 bits per heavy atom. The minimum Gasteiger partial charge on any atom is -0.310 e. The smallest absolute Gasteiger partial charge is 0.0900 e. The fourth-order valence-electron chi connectivity index (χ4n) is 6.60. The first kappa shape index (κ1) is 27.7. The molecule has 0 N–H and O–H groups in total. The van der Waals surface area contributed by atoms with Crippen molar-refractivity contribution in [2.45, 2.75) is 19.3 Å². The van der Waals surface area contributed by atoms with Gasteiger partial charge in [0.25, 0.3) is 0 Å². The zero-order valence-electron chi connectivity index (χ0n) is 25.8. The van der Waals surface area contributed by atoms with Crippen LogP contribution in [0.4, 0.5) is 17.1 Å². The average molecular weight is 593 g/mol. The highest BCUT2D eigenvalue weighted by molar-refractivity contribution is 5.88. The van der Waals surface area contributed by atoms with Crippen molar-refractivity contribution in [3.05, 3.63) is 169 Å². The molecule has 1 aliphatic rings. The van der Waals surface area contributed by atoms with Crippen LogP contribution in [0.1, 0.15) is 25.0 Å². The quantitative estimate of drug-likeness (QED) is 0.199. The van der Waals surface area contributed by atoms with Gasteiger partial charge in [0, 0.05) is 23.5 Å². The van der Waals surface area contributed by atoms with E-state index >= 15 is 0 Å². The maximum absolute atomic E-state index is 4.96. The number of hydrogen-bond donors (Lipinski definition) is 0. The molecule has 220 valence electrons. The van der Waals surface area contributed by atoms with Gasteiger partial charge in [0.15, 0.2) is 0 Å². The minimum absolute atomic E-state index is 0.175. The molecule has 0 saturated carbocycles. The van der Waals surface area contributed by atoms with Gasteiger partial charge in [-0.1, -0.05) is 86.6 Å². The number of benzene rings is 4. The molecule has 0 unspecified atom stereocenters. The Morgan fingerprint density at radius 3 is 1.70 bits per heavy atom. The fourth-order valence-corrected chi connectivity index (χ4v) is 6.60. The molecule has 0 bridgehead atoms. The van der Waals surface area contributed by atoms with Crippen molar-refractivity contribution in [1.29, 1.82) is 0 Å². The van der Waals surface area contributed by atoms with E-state index in [4.69, 9.17) is 4.98 Å². The lowest BCUT2D eigenvalue weighted by atomic mass is 9.73. The van der Waals surface area contributed by atoms with Crippen molar-refractivity contribution in [3.63, 3.8) is 0 Å². The van der Waals surface area contributed by atoms with Crippen molar-refractivity contribution >= 4 is 17.1 Å². The van der Waals surface area contributed by atoms with Gasteiger partial charge in [-0.3, -0.25) is 9.97 Å². The van der Waals surface area contributed by atoms with E-state index in [-0.39, 0.29) is 5.41 Å². The van der Waals surface area contributed by atoms with E-state index in [2.05, 4.69) is 138 Å². The fraction of sp³-hybridized carbons (Fsp3) is 0.0714. The SMILES string of the molecule is CC1(C)c2ccccc2N(c2ccccc2)c2ccc(-c3cccc(-c4cc(-c5ccccn5)nc(-c5ccccn5)c4)c3)cc21. The highest BCUT2D eigenvalue weighted by atomic mass is 15.2. The van der Waals surface area contributed by atoms with Crippen LogP contribution in [-0.2, 0) is 5.41 Å². The standard InChI is InChI=1S/C42H32N4/c1-42(2)34-17-6-7-20-40(34)46(33-15-4-3-5-16-33)41-22-21-31(26-35(41)42)29-13-12-14-30(25-29)32-27-38(36-18-8-10-23-43-36)45-39(28-32)37-19-9-11-24-44-37/h3-28H,1-2H3. The Bertz CT molecular complexity index is 2120. The molecule has 1 aliphatic heterocycles. The molecule has 4 heterocycles. The van der Waals surface area contributed by atoms with E-state index in [1.807, 2.05) is 36.4 Å².